The van der Waals surface area contributed by atoms with Crippen LogP contribution >= 0.6 is 0 Å². The van der Waals surface area contributed by atoms with E-state index in [0.717, 1.165) is 5.69 Å². The summed E-state index contributed by atoms with van der Waals surface area (Å²) in [5.41, 5.74) is 1.33. The smallest absolute Gasteiger partial charge is 0.315 e. The molecule has 0 radical (unpaired) electrons. The first kappa shape index (κ1) is 12.5. The molecule has 102 valence electrons. The van der Waals surface area contributed by atoms with E-state index >= 15 is 0 Å². The third kappa shape index (κ3) is 1.97. The zero-order chi connectivity index (χ0) is 14.1. The van der Waals surface area contributed by atoms with Crippen LogP contribution in [0.2, 0.25) is 0 Å². The molecule has 1 aromatic heterocycles. The minimum atomic E-state index is -0.897. The fourth-order valence-corrected chi connectivity index (χ4v) is 2.46. The summed E-state index contributed by atoms with van der Waals surface area (Å²) in [5, 5.41) is 15.7. The molecule has 1 aliphatic heterocycles. The lowest BCUT2D eigenvalue weighted by molar-refractivity contribution is -0.139. The Bertz CT molecular complexity index is 634. The highest BCUT2D eigenvalue weighted by Crippen LogP contribution is 2.30. The molecule has 0 spiro atoms. The van der Waals surface area contributed by atoms with E-state index in [0.29, 0.717) is 11.5 Å². The molecule has 0 fully saturated rings. The SMILES string of the molecule is C[C@H]1[C@@H](C(=O)O)C(c2ccco2)=NN1c1ccccc1. The van der Waals surface area contributed by atoms with E-state index in [1.807, 2.05) is 37.3 Å². The molecular weight excluding hydrogens is 256 g/mol. The Morgan fingerprint density at radius 1 is 1.25 bits per heavy atom. The third-order valence-corrected chi connectivity index (χ3v) is 3.44. The summed E-state index contributed by atoms with van der Waals surface area (Å²) >= 11 is 0. The van der Waals surface area contributed by atoms with Crippen molar-refractivity contribution in [3.8, 4) is 0 Å². The van der Waals surface area contributed by atoms with E-state index in [2.05, 4.69) is 5.10 Å². The number of hydrogen-bond donors (Lipinski definition) is 1. The summed E-state index contributed by atoms with van der Waals surface area (Å²) in [6.45, 7) is 1.85. The Kier molecular flexibility index (Phi) is 3.02. The molecule has 1 aliphatic rings. The van der Waals surface area contributed by atoms with Crippen LogP contribution in [-0.2, 0) is 4.79 Å². The molecule has 0 saturated heterocycles. The maximum absolute atomic E-state index is 11.5. The highest BCUT2D eigenvalue weighted by atomic mass is 16.4. The molecule has 2 heterocycles. The summed E-state index contributed by atoms with van der Waals surface area (Å²) in [4.78, 5) is 11.5. The first-order chi connectivity index (χ1) is 9.68. The molecule has 0 unspecified atom stereocenters. The van der Waals surface area contributed by atoms with E-state index in [1.165, 1.54) is 6.26 Å². The minimum Gasteiger partial charge on any atom is -0.481 e. The molecule has 0 saturated carbocycles. The normalized spacial score (nSPS) is 21.9. The van der Waals surface area contributed by atoms with Crippen LogP contribution in [0.1, 0.15) is 12.7 Å². The fraction of sp³-hybridized carbons (Fsp3) is 0.200. The second-order valence-electron chi connectivity index (χ2n) is 4.70. The standard InChI is InChI=1S/C15H14N2O3/c1-10-13(15(18)19)14(12-8-5-9-20-12)16-17(10)11-6-3-2-4-7-11/h2-10,13H,1H3,(H,18,19)/t10-,13+/m0/s1. The van der Waals surface area contributed by atoms with Crippen LogP contribution in [-0.4, -0.2) is 22.8 Å². The molecule has 2 aromatic rings. The number of rotatable bonds is 3. The van der Waals surface area contributed by atoms with Crippen LogP contribution in [0.25, 0.3) is 0 Å². The number of anilines is 1. The Balaban J connectivity index is 2.04. The van der Waals surface area contributed by atoms with Crippen molar-refractivity contribution < 1.29 is 14.3 Å². The predicted octanol–water partition coefficient (Wildman–Crippen LogP) is 2.59. The highest BCUT2D eigenvalue weighted by Gasteiger charge is 2.41. The number of furan rings is 1. The van der Waals surface area contributed by atoms with Gasteiger partial charge in [0.05, 0.1) is 18.0 Å². The summed E-state index contributed by atoms with van der Waals surface area (Å²) in [7, 11) is 0. The van der Waals surface area contributed by atoms with Gasteiger partial charge in [0, 0.05) is 0 Å². The zero-order valence-corrected chi connectivity index (χ0v) is 10.9. The number of hydrogen-bond acceptors (Lipinski definition) is 4. The third-order valence-electron chi connectivity index (χ3n) is 3.44. The van der Waals surface area contributed by atoms with Crippen molar-refractivity contribution in [2.24, 2.45) is 11.0 Å². The summed E-state index contributed by atoms with van der Waals surface area (Å²) in [6, 6.07) is 12.7. The van der Waals surface area contributed by atoms with Crippen LogP contribution in [0.15, 0.2) is 58.2 Å². The molecule has 5 nitrogen and oxygen atoms in total. The van der Waals surface area contributed by atoms with Crippen molar-refractivity contribution in [1.29, 1.82) is 0 Å². The van der Waals surface area contributed by atoms with Crippen LogP contribution in [0.4, 0.5) is 5.69 Å². The van der Waals surface area contributed by atoms with Crippen molar-refractivity contribution in [2.45, 2.75) is 13.0 Å². The van der Waals surface area contributed by atoms with Gasteiger partial charge in [0.2, 0.25) is 0 Å². The average molecular weight is 270 g/mol. The predicted molar refractivity (Wildman–Crippen MR) is 74.8 cm³/mol. The molecule has 20 heavy (non-hydrogen) atoms. The number of nitrogens with zero attached hydrogens (tertiary/aromatic N) is 2. The molecule has 5 heteroatoms. The van der Waals surface area contributed by atoms with Gasteiger partial charge >= 0.3 is 5.97 Å². The summed E-state index contributed by atoms with van der Waals surface area (Å²) < 4.78 is 5.31. The number of carboxylic acid groups (broad SMARTS) is 1. The molecule has 1 aromatic carbocycles. The summed E-state index contributed by atoms with van der Waals surface area (Å²) in [5.74, 6) is -1.10. The molecule has 1 N–H and O–H groups in total. The van der Waals surface area contributed by atoms with Crippen molar-refractivity contribution in [3.05, 3.63) is 54.5 Å². The lowest BCUT2D eigenvalue weighted by Gasteiger charge is -2.22. The van der Waals surface area contributed by atoms with Gasteiger partial charge in [0.1, 0.15) is 11.6 Å². The molecule has 2 atom stereocenters. The number of carboxylic acids is 1. The lowest BCUT2D eigenvalue weighted by Crippen LogP contribution is -2.35. The molecule has 0 bridgehead atoms. The Morgan fingerprint density at radius 3 is 2.60 bits per heavy atom. The topological polar surface area (TPSA) is 66.0 Å². The summed E-state index contributed by atoms with van der Waals surface area (Å²) in [6.07, 6.45) is 1.52. The van der Waals surface area contributed by atoms with Gasteiger partial charge < -0.3 is 9.52 Å². The Hall–Kier alpha value is -2.56. The second-order valence-corrected chi connectivity index (χ2v) is 4.70. The van der Waals surface area contributed by atoms with Gasteiger partial charge in [0.25, 0.3) is 0 Å². The van der Waals surface area contributed by atoms with E-state index in [4.69, 9.17) is 4.42 Å². The van der Waals surface area contributed by atoms with Gasteiger partial charge in [-0.15, -0.1) is 0 Å². The first-order valence-corrected chi connectivity index (χ1v) is 6.38. The monoisotopic (exact) mass is 270 g/mol. The maximum atomic E-state index is 11.5. The zero-order valence-electron chi connectivity index (χ0n) is 10.9. The largest absolute Gasteiger partial charge is 0.481 e. The van der Waals surface area contributed by atoms with Crippen LogP contribution in [0.3, 0.4) is 0 Å². The van der Waals surface area contributed by atoms with E-state index in [1.54, 1.807) is 17.1 Å². The quantitative estimate of drug-likeness (QED) is 0.931. The van der Waals surface area contributed by atoms with Crippen molar-refractivity contribution >= 4 is 17.4 Å². The highest BCUT2D eigenvalue weighted by molar-refractivity contribution is 6.12. The molecular formula is C15H14N2O3. The van der Waals surface area contributed by atoms with E-state index in [9.17, 15) is 9.90 Å². The number of hydrazone groups is 1. The molecule has 0 aliphatic carbocycles. The molecule has 0 amide bonds. The van der Waals surface area contributed by atoms with Gasteiger partial charge in [-0.3, -0.25) is 9.80 Å². The Labute approximate surface area is 116 Å². The minimum absolute atomic E-state index is 0.269. The number of para-hydroxylation sites is 1. The fourth-order valence-electron chi connectivity index (χ4n) is 2.46. The first-order valence-electron chi connectivity index (χ1n) is 6.38. The number of carbonyl (C=O) groups is 1. The van der Waals surface area contributed by atoms with Crippen LogP contribution in [0.5, 0.6) is 0 Å². The van der Waals surface area contributed by atoms with Gasteiger partial charge in [-0.05, 0) is 31.2 Å². The lowest BCUT2D eigenvalue weighted by atomic mass is 9.95. The van der Waals surface area contributed by atoms with Crippen molar-refractivity contribution in [2.75, 3.05) is 5.01 Å². The molecule has 3 rings (SSSR count). The van der Waals surface area contributed by atoms with Gasteiger partial charge in [0.15, 0.2) is 5.76 Å². The Morgan fingerprint density at radius 2 is 2.00 bits per heavy atom. The van der Waals surface area contributed by atoms with Gasteiger partial charge in [-0.2, -0.15) is 5.10 Å². The van der Waals surface area contributed by atoms with E-state index in [-0.39, 0.29) is 6.04 Å². The van der Waals surface area contributed by atoms with Gasteiger partial charge in [-0.1, -0.05) is 18.2 Å². The van der Waals surface area contributed by atoms with E-state index < -0.39 is 11.9 Å². The van der Waals surface area contributed by atoms with Crippen molar-refractivity contribution in [3.63, 3.8) is 0 Å². The van der Waals surface area contributed by atoms with Crippen LogP contribution < -0.4 is 5.01 Å². The van der Waals surface area contributed by atoms with Crippen LogP contribution in [0, 0.1) is 5.92 Å². The maximum Gasteiger partial charge on any atom is 0.315 e. The van der Waals surface area contributed by atoms with Crippen molar-refractivity contribution in [1.82, 2.24) is 0 Å². The number of benzene rings is 1. The average Bonchev–Trinajstić information content (AvgIpc) is 3.06. The number of aliphatic carboxylic acids is 1. The second kappa shape index (κ2) is 4.85. The van der Waals surface area contributed by atoms with Gasteiger partial charge in [-0.25, -0.2) is 0 Å².